The van der Waals surface area contributed by atoms with E-state index in [1.165, 1.54) is 20.9 Å². The van der Waals surface area contributed by atoms with E-state index < -0.39 is 5.41 Å². The molecule has 4 aliphatic rings. The number of fused-ring (bicyclic) bond motifs is 13. The first-order valence-electron chi connectivity index (χ1n) is 18.0. The zero-order valence-corrected chi connectivity index (χ0v) is 29.5. The summed E-state index contributed by atoms with van der Waals surface area (Å²) in [6, 6.07) is 55.4. The highest BCUT2D eigenvalue weighted by molar-refractivity contribution is 7.99. The molecule has 6 aromatic carbocycles. The number of hydrogen-bond donors (Lipinski definition) is 0. The van der Waals surface area contributed by atoms with Crippen LogP contribution >= 0.6 is 11.8 Å². The van der Waals surface area contributed by atoms with Crippen LogP contribution in [-0.2, 0) is 5.41 Å². The fourth-order valence-electron chi connectivity index (χ4n) is 8.83. The van der Waals surface area contributed by atoms with Gasteiger partial charge in [0.1, 0.15) is 0 Å². The summed E-state index contributed by atoms with van der Waals surface area (Å²) in [6.45, 7) is 0. The van der Waals surface area contributed by atoms with Crippen molar-refractivity contribution in [2.75, 3.05) is 9.80 Å². The second kappa shape index (κ2) is 11.1. The number of pyridine rings is 2. The molecule has 0 fully saturated rings. The van der Waals surface area contributed by atoms with Crippen molar-refractivity contribution in [3.8, 4) is 34.4 Å². The molecule has 0 amide bonds. The topological polar surface area (TPSA) is 50.7 Å². The van der Waals surface area contributed by atoms with Crippen molar-refractivity contribution in [1.29, 1.82) is 0 Å². The SMILES string of the molecule is c1ccc2c(c1)Oc1ccccc1N2c1ccc2c(c1)C1(c3cc(N4c5ccccc5Oc5ccccc54)ccc3S2)c2cccnc2-c2ncccc21. The van der Waals surface area contributed by atoms with Crippen LogP contribution in [0.15, 0.2) is 180 Å². The molecule has 0 atom stereocenters. The summed E-state index contributed by atoms with van der Waals surface area (Å²) >= 11 is 1.82. The van der Waals surface area contributed by atoms with E-state index in [9.17, 15) is 0 Å². The standard InChI is InChI=1S/C47H28N4O2S/c1-5-17-39-35(13-1)50(36-14-2-6-18-40(36)52-39)29-21-23-43-33(27-29)47(31-11-9-25-48-45(31)46-32(47)12-10-26-49-46)34-28-30(22-24-44(34)54-43)51-37-15-3-7-19-41(37)53-42-20-8-4-16-38(42)51/h1-28H. The van der Waals surface area contributed by atoms with Gasteiger partial charge in [0.05, 0.1) is 39.6 Å². The third-order valence-corrected chi connectivity index (χ3v) is 12.1. The van der Waals surface area contributed by atoms with Crippen molar-refractivity contribution in [1.82, 2.24) is 9.97 Å². The van der Waals surface area contributed by atoms with Crippen LogP contribution in [-0.4, -0.2) is 9.97 Å². The molecule has 1 aliphatic carbocycles. The third kappa shape index (κ3) is 3.96. The molecule has 0 N–H and O–H groups in total. The lowest BCUT2D eigenvalue weighted by Gasteiger charge is -2.41. The molecule has 8 aromatic rings. The number of rotatable bonds is 2. The first kappa shape index (κ1) is 29.7. The number of anilines is 6. The second-order valence-electron chi connectivity index (χ2n) is 13.8. The van der Waals surface area contributed by atoms with Gasteiger partial charge in [0.25, 0.3) is 0 Å². The van der Waals surface area contributed by atoms with Gasteiger partial charge in [0.2, 0.25) is 0 Å². The van der Waals surface area contributed by atoms with Gasteiger partial charge in [0, 0.05) is 33.6 Å². The van der Waals surface area contributed by atoms with Crippen LogP contribution in [0.5, 0.6) is 23.0 Å². The van der Waals surface area contributed by atoms with Crippen molar-refractivity contribution in [3.63, 3.8) is 0 Å². The predicted octanol–water partition coefficient (Wildman–Crippen LogP) is 12.5. The minimum absolute atomic E-state index is 0.703. The number of ether oxygens (including phenoxy) is 2. The highest BCUT2D eigenvalue weighted by Gasteiger charge is 2.52. The second-order valence-corrected chi connectivity index (χ2v) is 14.8. The summed E-state index contributed by atoms with van der Waals surface area (Å²) in [6.07, 6.45) is 3.76. The number of nitrogens with zero attached hydrogens (tertiary/aromatic N) is 4. The lowest BCUT2D eigenvalue weighted by atomic mass is 9.67. The maximum Gasteiger partial charge on any atom is 0.151 e. The lowest BCUT2D eigenvalue weighted by molar-refractivity contribution is 0.477. The molecule has 5 heterocycles. The van der Waals surface area contributed by atoms with Crippen molar-refractivity contribution >= 4 is 45.9 Å². The predicted molar refractivity (Wildman–Crippen MR) is 213 cm³/mol. The van der Waals surface area contributed by atoms with Crippen molar-refractivity contribution in [2.45, 2.75) is 15.2 Å². The van der Waals surface area contributed by atoms with E-state index in [-0.39, 0.29) is 0 Å². The van der Waals surface area contributed by atoms with E-state index >= 15 is 0 Å². The van der Waals surface area contributed by atoms with E-state index in [1.807, 2.05) is 72.7 Å². The van der Waals surface area contributed by atoms with Gasteiger partial charge in [-0.1, -0.05) is 72.4 Å². The molecule has 1 spiro atoms. The van der Waals surface area contributed by atoms with E-state index in [0.717, 1.165) is 79.6 Å². The Labute approximate surface area is 315 Å². The minimum atomic E-state index is -0.703. The number of aromatic nitrogens is 2. The van der Waals surface area contributed by atoms with Crippen LogP contribution in [0.1, 0.15) is 22.3 Å². The Morgan fingerprint density at radius 3 is 1.20 bits per heavy atom. The monoisotopic (exact) mass is 712 g/mol. The molecule has 7 heteroatoms. The third-order valence-electron chi connectivity index (χ3n) is 11.0. The Morgan fingerprint density at radius 1 is 0.407 bits per heavy atom. The van der Waals surface area contributed by atoms with E-state index in [4.69, 9.17) is 19.4 Å². The van der Waals surface area contributed by atoms with E-state index in [0.29, 0.717) is 0 Å². The molecule has 3 aliphatic heterocycles. The first-order valence-corrected chi connectivity index (χ1v) is 18.8. The van der Waals surface area contributed by atoms with Crippen molar-refractivity contribution in [3.05, 3.63) is 192 Å². The molecular weight excluding hydrogens is 685 g/mol. The van der Waals surface area contributed by atoms with Crippen LogP contribution in [0.4, 0.5) is 34.1 Å². The van der Waals surface area contributed by atoms with Crippen molar-refractivity contribution < 1.29 is 9.47 Å². The van der Waals surface area contributed by atoms with Gasteiger partial charge >= 0.3 is 0 Å². The number of para-hydroxylation sites is 8. The molecule has 0 radical (unpaired) electrons. The highest BCUT2D eigenvalue weighted by Crippen LogP contribution is 2.63. The van der Waals surface area contributed by atoms with Crippen LogP contribution in [0.2, 0.25) is 0 Å². The van der Waals surface area contributed by atoms with Gasteiger partial charge in [-0.3, -0.25) is 9.97 Å². The van der Waals surface area contributed by atoms with Gasteiger partial charge in [-0.25, -0.2) is 0 Å². The molecule has 0 saturated heterocycles. The fourth-order valence-corrected chi connectivity index (χ4v) is 9.98. The summed E-state index contributed by atoms with van der Waals surface area (Å²) in [4.78, 5) is 17.1. The van der Waals surface area contributed by atoms with Gasteiger partial charge in [-0.15, -0.1) is 0 Å². The first-order chi connectivity index (χ1) is 26.8. The molecule has 254 valence electrons. The lowest BCUT2D eigenvalue weighted by Crippen LogP contribution is -2.33. The molecule has 54 heavy (non-hydrogen) atoms. The smallest absolute Gasteiger partial charge is 0.151 e. The summed E-state index contributed by atoms with van der Waals surface area (Å²) in [5.41, 5.74) is 11.9. The van der Waals surface area contributed by atoms with Gasteiger partial charge in [-0.2, -0.15) is 0 Å². The normalized spacial score (nSPS) is 14.6. The summed E-state index contributed by atoms with van der Waals surface area (Å²) in [5.74, 6) is 3.29. The van der Waals surface area contributed by atoms with Crippen molar-refractivity contribution in [2.24, 2.45) is 0 Å². The zero-order chi connectivity index (χ0) is 35.4. The average molecular weight is 713 g/mol. The zero-order valence-electron chi connectivity index (χ0n) is 28.7. The van der Waals surface area contributed by atoms with Crippen LogP contribution in [0.3, 0.4) is 0 Å². The molecule has 0 unspecified atom stereocenters. The number of hydrogen-bond acceptors (Lipinski definition) is 7. The van der Waals surface area contributed by atoms with Crippen LogP contribution in [0.25, 0.3) is 11.4 Å². The Kier molecular flexibility index (Phi) is 6.10. The van der Waals surface area contributed by atoms with E-state index in [2.05, 4.69) is 119 Å². The molecule has 6 nitrogen and oxygen atoms in total. The largest absolute Gasteiger partial charge is 0.453 e. The maximum absolute atomic E-state index is 6.42. The number of benzene rings is 6. The van der Waals surface area contributed by atoms with Crippen LogP contribution < -0.4 is 19.3 Å². The van der Waals surface area contributed by atoms with Gasteiger partial charge < -0.3 is 19.3 Å². The molecular formula is C47H28N4O2S. The van der Waals surface area contributed by atoms with Gasteiger partial charge in [-0.05, 0) is 119 Å². The maximum atomic E-state index is 6.42. The van der Waals surface area contributed by atoms with E-state index in [1.54, 1.807) is 0 Å². The molecule has 2 aromatic heterocycles. The molecule has 12 rings (SSSR count). The quantitative estimate of drug-likeness (QED) is 0.177. The minimum Gasteiger partial charge on any atom is -0.453 e. The van der Waals surface area contributed by atoms with Crippen LogP contribution in [0, 0.1) is 0 Å². The summed E-state index contributed by atoms with van der Waals surface area (Å²) in [7, 11) is 0. The van der Waals surface area contributed by atoms with Gasteiger partial charge in [0.15, 0.2) is 23.0 Å². The Balaban J connectivity index is 1.14. The summed E-state index contributed by atoms with van der Waals surface area (Å²) in [5, 5.41) is 0. The Hall–Kier alpha value is -6.83. The fraction of sp³-hybridized carbons (Fsp3) is 0.0213. The molecule has 0 bridgehead atoms. The Morgan fingerprint density at radius 2 is 0.796 bits per heavy atom. The highest BCUT2D eigenvalue weighted by atomic mass is 32.2. The summed E-state index contributed by atoms with van der Waals surface area (Å²) < 4.78 is 12.8. The average Bonchev–Trinajstić information content (AvgIpc) is 3.52. The Bertz CT molecular complexity index is 2590. The molecule has 0 saturated carbocycles.